The van der Waals surface area contributed by atoms with E-state index in [9.17, 15) is 9.59 Å². The molecule has 0 spiro atoms. The Balaban J connectivity index is 2.00. The highest BCUT2D eigenvalue weighted by molar-refractivity contribution is 6.30. The fourth-order valence-electron chi connectivity index (χ4n) is 2.78. The lowest BCUT2D eigenvalue weighted by Crippen LogP contribution is -2.46. The lowest BCUT2D eigenvalue weighted by molar-refractivity contribution is -0.135. The molecule has 1 aliphatic rings. The van der Waals surface area contributed by atoms with Gasteiger partial charge in [-0.15, -0.1) is 0 Å². The molecule has 1 saturated heterocycles. The fraction of sp³-hybridized carbons (Fsp3) is 0.471. The molecule has 6 heteroatoms. The Morgan fingerprint density at radius 1 is 1.39 bits per heavy atom. The predicted molar refractivity (Wildman–Crippen MR) is 87.9 cm³/mol. The van der Waals surface area contributed by atoms with Gasteiger partial charge >= 0.3 is 0 Å². The van der Waals surface area contributed by atoms with Gasteiger partial charge in [0.25, 0.3) is 5.91 Å². The average molecular weight is 334 g/mol. The van der Waals surface area contributed by atoms with E-state index in [4.69, 9.17) is 16.9 Å². The van der Waals surface area contributed by atoms with Gasteiger partial charge in [0.05, 0.1) is 18.4 Å². The number of amides is 2. The van der Waals surface area contributed by atoms with Crippen LogP contribution < -0.4 is 0 Å². The zero-order valence-corrected chi connectivity index (χ0v) is 13.9. The van der Waals surface area contributed by atoms with Crippen LogP contribution in [0.15, 0.2) is 24.3 Å². The summed E-state index contributed by atoms with van der Waals surface area (Å²) >= 11 is 5.85. The van der Waals surface area contributed by atoms with Crippen molar-refractivity contribution in [2.45, 2.75) is 19.3 Å². The summed E-state index contributed by atoms with van der Waals surface area (Å²) in [6, 6.07) is 8.83. The van der Waals surface area contributed by atoms with E-state index in [1.54, 1.807) is 41.1 Å². The summed E-state index contributed by atoms with van der Waals surface area (Å²) in [6.07, 6.45) is 1.91. The number of rotatable bonds is 4. The highest BCUT2D eigenvalue weighted by Gasteiger charge is 2.30. The van der Waals surface area contributed by atoms with Crippen LogP contribution in [-0.4, -0.2) is 48.3 Å². The largest absolute Gasteiger partial charge is 0.344 e. The number of halogens is 1. The number of hydrogen-bond acceptors (Lipinski definition) is 3. The minimum absolute atomic E-state index is 0.00820. The lowest BCUT2D eigenvalue weighted by Gasteiger charge is -2.34. The van der Waals surface area contributed by atoms with Gasteiger partial charge in [0, 0.05) is 37.3 Å². The molecule has 1 aliphatic heterocycles. The van der Waals surface area contributed by atoms with Crippen LogP contribution in [0.4, 0.5) is 0 Å². The monoisotopic (exact) mass is 333 g/mol. The molecule has 1 aromatic carbocycles. The van der Waals surface area contributed by atoms with Crippen LogP contribution >= 0.6 is 11.6 Å². The number of benzene rings is 1. The van der Waals surface area contributed by atoms with Gasteiger partial charge in [-0.2, -0.15) is 5.26 Å². The van der Waals surface area contributed by atoms with E-state index in [1.807, 2.05) is 6.07 Å². The smallest absolute Gasteiger partial charge is 0.253 e. The van der Waals surface area contributed by atoms with Gasteiger partial charge in [-0.1, -0.05) is 11.6 Å². The summed E-state index contributed by atoms with van der Waals surface area (Å²) in [5, 5.41) is 9.21. The molecule has 1 fully saturated rings. The van der Waals surface area contributed by atoms with Crippen molar-refractivity contribution in [3.63, 3.8) is 0 Å². The van der Waals surface area contributed by atoms with Crippen molar-refractivity contribution in [1.82, 2.24) is 9.80 Å². The zero-order valence-electron chi connectivity index (χ0n) is 13.2. The summed E-state index contributed by atoms with van der Waals surface area (Å²) in [7, 11) is 1.71. The van der Waals surface area contributed by atoms with Crippen LogP contribution in [0.1, 0.15) is 29.6 Å². The van der Waals surface area contributed by atoms with Crippen molar-refractivity contribution < 1.29 is 9.59 Å². The van der Waals surface area contributed by atoms with Crippen LogP contribution in [0.25, 0.3) is 0 Å². The van der Waals surface area contributed by atoms with Crippen molar-refractivity contribution in [2.24, 2.45) is 5.92 Å². The molecule has 0 saturated carbocycles. The second kappa shape index (κ2) is 7.98. The molecule has 2 rings (SSSR count). The van der Waals surface area contributed by atoms with Gasteiger partial charge < -0.3 is 9.80 Å². The molecule has 23 heavy (non-hydrogen) atoms. The molecule has 0 aliphatic carbocycles. The number of nitriles is 1. The normalized spacial score (nSPS) is 17.4. The van der Waals surface area contributed by atoms with Gasteiger partial charge in [-0.05, 0) is 37.1 Å². The quantitative estimate of drug-likeness (QED) is 0.850. The van der Waals surface area contributed by atoms with Crippen LogP contribution in [0.5, 0.6) is 0 Å². The molecule has 1 aromatic rings. The SMILES string of the molecule is CN(CCC#N)C(=O)C1CCCN(C(=O)c2ccc(Cl)cc2)C1. The Hall–Kier alpha value is -2.06. The Kier molecular flexibility index (Phi) is 6.00. The predicted octanol–water partition coefficient (Wildman–Crippen LogP) is 2.56. The third-order valence-electron chi connectivity index (χ3n) is 4.08. The molecular formula is C17H20ClN3O2. The summed E-state index contributed by atoms with van der Waals surface area (Å²) in [6.45, 7) is 1.52. The Morgan fingerprint density at radius 3 is 2.74 bits per heavy atom. The summed E-state index contributed by atoms with van der Waals surface area (Å²) in [5.41, 5.74) is 0.584. The third kappa shape index (κ3) is 4.46. The van der Waals surface area contributed by atoms with E-state index in [0.717, 1.165) is 12.8 Å². The Morgan fingerprint density at radius 2 is 2.09 bits per heavy atom. The second-order valence-corrected chi connectivity index (χ2v) is 6.20. The molecule has 1 heterocycles. The van der Waals surface area contributed by atoms with E-state index >= 15 is 0 Å². The van der Waals surface area contributed by atoms with E-state index in [-0.39, 0.29) is 17.7 Å². The molecule has 1 atom stereocenters. The van der Waals surface area contributed by atoms with Gasteiger partial charge in [-0.3, -0.25) is 9.59 Å². The maximum absolute atomic E-state index is 12.5. The van der Waals surface area contributed by atoms with Crippen LogP contribution in [-0.2, 0) is 4.79 Å². The molecule has 2 amide bonds. The number of hydrogen-bond donors (Lipinski definition) is 0. The summed E-state index contributed by atoms with van der Waals surface area (Å²) in [4.78, 5) is 28.3. The zero-order chi connectivity index (χ0) is 16.8. The Bertz CT molecular complexity index is 609. The topological polar surface area (TPSA) is 64.4 Å². The maximum atomic E-state index is 12.5. The minimum atomic E-state index is -0.191. The summed E-state index contributed by atoms with van der Waals surface area (Å²) in [5.74, 6) is -0.253. The molecule has 0 radical (unpaired) electrons. The lowest BCUT2D eigenvalue weighted by atomic mass is 9.96. The number of carbonyl (C=O) groups excluding carboxylic acids is 2. The van der Waals surface area contributed by atoms with E-state index in [1.165, 1.54) is 0 Å². The molecular weight excluding hydrogens is 314 g/mol. The van der Waals surface area contributed by atoms with Gasteiger partial charge in [0.1, 0.15) is 0 Å². The van der Waals surface area contributed by atoms with Crippen molar-refractivity contribution in [3.8, 4) is 6.07 Å². The number of likely N-dealkylation sites (tertiary alicyclic amines) is 1. The number of carbonyl (C=O) groups is 2. The molecule has 122 valence electrons. The van der Waals surface area contributed by atoms with E-state index in [0.29, 0.717) is 36.6 Å². The summed E-state index contributed by atoms with van der Waals surface area (Å²) < 4.78 is 0. The van der Waals surface area contributed by atoms with Gasteiger partial charge in [0.15, 0.2) is 0 Å². The first-order valence-corrected chi connectivity index (χ1v) is 8.07. The van der Waals surface area contributed by atoms with E-state index in [2.05, 4.69) is 0 Å². The van der Waals surface area contributed by atoms with Crippen molar-refractivity contribution in [3.05, 3.63) is 34.9 Å². The first-order valence-electron chi connectivity index (χ1n) is 7.69. The van der Waals surface area contributed by atoms with E-state index < -0.39 is 0 Å². The van der Waals surface area contributed by atoms with Crippen LogP contribution in [0, 0.1) is 17.2 Å². The molecule has 0 aromatic heterocycles. The third-order valence-corrected chi connectivity index (χ3v) is 4.34. The minimum Gasteiger partial charge on any atom is -0.344 e. The number of piperidine rings is 1. The maximum Gasteiger partial charge on any atom is 0.253 e. The Labute approximate surface area is 141 Å². The van der Waals surface area contributed by atoms with Crippen molar-refractivity contribution in [1.29, 1.82) is 5.26 Å². The van der Waals surface area contributed by atoms with Gasteiger partial charge in [0.2, 0.25) is 5.91 Å². The molecule has 5 nitrogen and oxygen atoms in total. The fourth-order valence-corrected chi connectivity index (χ4v) is 2.90. The number of nitrogens with zero attached hydrogens (tertiary/aromatic N) is 3. The first-order chi connectivity index (χ1) is 11.0. The van der Waals surface area contributed by atoms with Crippen LogP contribution in [0.3, 0.4) is 0 Å². The van der Waals surface area contributed by atoms with Crippen molar-refractivity contribution >= 4 is 23.4 Å². The van der Waals surface area contributed by atoms with Crippen molar-refractivity contribution in [2.75, 3.05) is 26.7 Å². The van der Waals surface area contributed by atoms with Gasteiger partial charge in [-0.25, -0.2) is 0 Å². The van der Waals surface area contributed by atoms with Crippen LogP contribution in [0.2, 0.25) is 5.02 Å². The average Bonchev–Trinajstić information content (AvgIpc) is 2.59. The first kappa shape index (κ1) is 17.3. The second-order valence-electron chi connectivity index (χ2n) is 5.77. The molecule has 0 N–H and O–H groups in total. The highest BCUT2D eigenvalue weighted by atomic mass is 35.5. The standard InChI is InChI=1S/C17H20ClN3O2/c1-20(10-3-9-19)16(22)14-4-2-11-21(12-14)17(23)13-5-7-15(18)8-6-13/h5-8,14H,2-4,10-12H2,1H3. The highest BCUT2D eigenvalue weighted by Crippen LogP contribution is 2.21. The molecule has 1 unspecified atom stereocenters. The molecule has 0 bridgehead atoms.